The van der Waals surface area contributed by atoms with E-state index in [-0.39, 0.29) is 17.0 Å². The fourth-order valence-electron chi connectivity index (χ4n) is 2.82. The molecule has 0 spiro atoms. The molecule has 1 aliphatic rings. The van der Waals surface area contributed by atoms with E-state index in [1.807, 2.05) is 6.07 Å². The maximum Gasteiger partial charge on any atom is 0.329 e. The molecule has 3 unspecified atom stereocenters. The summed E-state index contributed by atoms with van der Waals surface area (Å²) in [5.41, 5.74) is 0.164. The number of benzene rings is 1. The van der Waals surface area contributed by atoms with Gasteiger partial charge in [0.2, 0.25) is 0 Å². The van der Waals surface area contributed by atoms with E-state index in [1.54, 1.807) is 45.9 Å². The summed E-state index contributed by atoms with van der Waals surface area (Å²) in [4.78, 5) is 50.9. The van der Waals surface area contributed by atoms with E-state index in [4.69, 9.17) is 4.74 Å². The van der Waals surface area contributed by atoms with Gasteiger partial charge in [-0.05, 0) is 45.7 Å². The Hall–Kier alpha value is -3.21. The molecule has 1 aromatic carbocycles. The van der Waals surface area contributed by atoms with E-state index in [0.29, 0.717) is 0 Å². The van der Waals surface area contributed by atoms with Crippen LogP contribution >= 0.6 is 0 Å². The van der Waals surface area contributed by atoms with Gasteiger partial charge in [0.1, 0.15) is 11.6 Å². The van der Waals surface area contributed by atoms with E-state index in [1.165, 1.54) is 13.8 Å². The van der Waals surface area contributed by atoms with Crippen molar-refractivity contribution < 1.29 is 23.9 Å². The van der Waals surface area contributed by atoms with Gasteiger partial charge in [-0.2, -0.15) is 5.26 Å². The topological polar surface area (TPSA) is 117 Å². The molecule has 8 nitrogen and oxygen atoms in total. The Morgan fingerprint density at radius 2 is 1.72 bits per heavy atom. The van der Waals surface area contributed by atoms with E-state index in [0.717, 1.165) is 10.5 Å². The molecule has 0 saturated heterocycles. The van der Waals surface area contributed by atoms with Crippen LogP contribution in [0.5, 0.6) is 0 Å². The molecule has 29 heavy (non-hydrogen) atoms. The minimum absolute atomic E-state index is 0.167. The van der Waals surface area contributed by atoms with Gasteiger partial charge in [-0.15, -0.1) is 0 Å². The first kappa shape index (κ1) is 22.1. The summed E-state index contributed by atoms with van der Waals surface area (Å²) in [5.74, 6) is -2.85. The predicted octanol–water partition coefficient (Wildman–Crippen LogP) is 1.97. The zero-order chi connectivity index (χ0) is 22.1. The molecule has 0 fully saturated rings. The van der Waals surface area contributed by atoms with Crippen molar-refractivity contribution in [3.8, 4) is 6.07 Å². The number of nitrogens with one attached hydrogen (secondary N) is 1. The molecule has 3 atom stereocenters. The van der Waals surface area contributed by atoms with Gasteiger partial charge in [0.15, 0.2) is 6.10 Å². The second-order valence-corrected chi connectivity index (χ2v) is 7.74. The number of imide groups is 1. The van der Waals surface area contributed by atoms with Crippen LogP contribution < -0.4 is 5.32 Å². The molecule has 1 aliphatic heterocycles. The quantitative estimate of drug-likeness (QED) is 0.577. The first-order chi connectivity index (χ1) is 13.4. The molecule has 154 valence electrons. The number of nitrogens with zero attached hydrogens (tertiary/aromatic N) is 2. The van der Waals surface area contributed by atoms with Crippen LogP contribution in [0.4, 0.5) is 0 Å². The summed E-state index contributed by atoms with van der Waals surface area (Å²) in [6.07, 6.45) is -1.20. The second kappa shape index (κ2) is 8.03. The molecule has 0 aliphatic carbocycles. The van der Waals surface area contributed by atoms with Gasteiger partial charge in [-0.25, -0.2) is 4.79 Å². The number of hydrogen-bond donors (Lipinski definition) is 1. The highest BCUT2D eigenvalue weighted by Gasteiger charge is 2.42. The van der Waals surface area contributed by atoms with Crippen LogP contribution in [0.1, 0.15) is 60.9 Å². The molecule has 3 amide bonds. The Bertz CT molecular complexity index is 917. The number of nitriles is 1. The third-order valence-electron chi connectivity index (χ3n) is 5.23. The summed E-state index contributed by atoms with van der Waals surface area (Å²) in [7, 11) is 0. The smallest absolute Gasteiger partial charge is 0.329 e. The number of aryl methyl sites for hydroxylation is 1. The van der Waals surface area contributed by atoms with Crippen molar-refractivity contribution in [3.05, 3.63) is 34.9 Å². The van der Waals surface area contributed by atoms with Crippen LogP contribution in [0.25, 0.3) is 0 Å². The Balaban J connectivity index is 2.10. The molecule has 0 saturated carbocycles. The van der Waals surface area contributed by atoms with Gasteiger partial charge >= 0.3 is 5.97 Å². The zero-order valence-corrected chi connectivity index (χ0v) is 17.4. The predicted molar refractivity (Wildman–Crippen MR) is 104 cm³/mol. The van der Waals surface area contributed by atoms with Gasteiger partial charge in [0.25, 0.3) is 17.7 Å². The van der Waals surface area contributed by atoms with Gasteiger partial charge in [0.05, 0.1) is 17.2 Å². The number of rotatable bonds is 6. The first-order valence-electron chi connectivity index (χ1n) is 9.35. The van der Waals surface area contributed by atoms with Crippen molar-refractivity contribution in [3.63, 3.8) is 0 Å². The fraction of sp³-hybridized carbons (Fsp3) is 0.476. The van der Waals surface area contributed by atoms with Gasteiger partial charge in [-0.3, -0.25) is 19.3 Å². The molecule has 1 heterocycles. The van der Waals surface area contributed by atoms with Crippen LogP contribution in [0.3, 0.4) is 0 Å². The minimum atomic E-state index is -1.20. The fourth-order valence-corrected chi connectivity index (χ4v) is 2.82. The lowest BCUT2D eigenvalue weighted by atomic mass is 9.90. The van der Waals surface area contributed by atoms with Crippen LogP contribution in [0.2, 0.25) is 0 Å². The largest absolute Gasteiger partial charge is 0.451 e. The monoisotopic (exact) mass is 399 g/mol. The van der Waals surface area contributed by atoms with Crippen molar-refractivity contribution in [1.82, 2.24) is 10.2 Å². The lowest BCUT2D eigenvalue weighted by Crippen LogP contribution is -2.53. The molecule has 8 heteroatoms. The molecule has 0 radical (unpaired) electrons. The first-order valence-corrected chi connectivity index (χ1v) is 9.35. The Morgan fingerprint density at radius 1 is 1.14 bits per heavy atom. The number of carbonyl (C=O) groups excluding carboxylic acids is 4. The number of hydrogen-bond acceptors (Lipinski definition) is 6. The highest BCUT2D eigenvalue weighted by molar-refractivity contribution is 6.22. The number of esters is 1. The number of ether oxygens (including phenoxy) is 1. The normalized spacial score (nSPS) is 17.2. The average molecular weight is 399 g/mol. The van der Waals surface area contributed by atoms with Crippen molar-refractivity contribution >= 4 is 23.7 Å². The van der Waals surface area contributed by atoms with Gasteiger partial charge < -0.3 is 10.1 Å². The number of fused-ring (bicyclic) bond motifs is 1. The van der Waals surface area contributed by atoms with E-state index < -0.39 is 41.4 Å². The SMILES string of the molecule is Cc1ccc2c(c1)C(=O)N(C(C)C(=O)OC(C)C(=O)NC(C)(C#N)C(C)C)C2=O. The van der Waals surface area contributed by atoms with Crippen molar-refractivity contribution in [2.75, 3.05) is 0 Å². The van der Waals surface area contributed by atoms with Crippen molar-refractivity contribution in [1.29, 1.82) is 5.26 Å². The average Bonchev–Trinajstić information content (AvgIpc) is 2.90. The minimum Gasteiger partial charge on any atom is -0.451 e. The van der Waals surface area contributed by atoms with Crippen LogP contribution in [-0.2, 0) is 14.3 Å². The molecular formula is C21H25N3O5. The standard InChI is InChI=1S/C21H25N3O5/c1-11(2)21(6,10-22)23-17(25)14(5)29-20(28)13(4)24-18(26)15-8-7-12(3)9-16(15)19(24)27/h7-9,11,13-14H,1-6H3,(H,23,25). The summed E-state index contributed by atoms with van der Waals surface area (Å²) in [6.45, 7) is 9.68. The Kier molecular flexibility index (Phi) is 6.12. The van der Waals surface area contributed by atoms with E-state index >= 15 is 0 Å². The highest BCUT2D eigenvalue weighted by atomic mass is 16.5. The van der Waals surface area contributed by atoms with Gasteiger partial charge in [-0.1, -0.05) is 25.5 Å². The molecule has 1 N–H and O–H groups in total. The Labute approximate surface area is 169 Å². The third kappa shape index (κ3) is 4.14. The summed E-state index contributed by atoms with van der Waals surface area (Å²) in [5, 5.41) is 11.9. The molecular weight excluding hydrogens is 374 g/mol. The third-order valence-corrected chi connectivity index (χ3v) is 5.23. The van der Waals surface area contributed by atoms with Crippen LogP contribution in [0.15, 0.2) is 18.2 Å². The van der Waals surface area contributed by atoms with Crippen molar-refractivity contribution in [2.45, 2.75) is 59.2 Å². The summed E-state index contributed by atoms with van der Waals surface area (Å²) >= 11 is 0. The number of amides is 3. The lowest BCUT2D eigenvalue weighted by Gasteiger charge is -2.29. The molecule has 0 aromatic heterocycles. The number of carbonyl (C=O) groups is 4. The van der Waals surface area contributed by atoms with Crippen molar-refractivity contribution in [2.24, 2.45) is 5.92 Å². The highest BCUT2D eigenvalue weighted by Crippen LogP contribution is 2.26. The molecule has 0 bridgehead atoms. The second-order valence-electron chi connectivity index (χ2n) is 7.74. The maximum atomic E-state index is 12.6. The lowest BCUT2D eigenvalue weighted by molar-refractivity contribution is -0.158. The van der Waals surface area contributed by atoms with E-state index in [2.05, 4.69) is 5.32 Å². The molecule has 1 aromatic rings. The van der Waals surface area contributed by atoms with E-state index in [9.17, 15) is 24.4 Å². The zero-order valence-electron chi connectivity index (χ0n) is 17.4. The Morgan fingerprint density at radius 3 is 2.28 bits per heavy atom. The summed E-state index contributed by atoms with van der Waals surface area (Å²) < 4.78 is 5.17. The summed E-state index contributed by atoms with van der Waals surface area (Å²) in [6, 6.07) is 5.69. The van der Waals surface area contributed by atoms with Gasteiger partial charge in [0, 0.05) is 0 Å². The van der Waals surface area contributed by atoms with Crippen LogP contribution in [0, 0.1) is 24.2 Å². The molecule has 2 rings (SSSR count). The van der Waals surface area contributed by atoms with Crippen LogP contribution in [-0.4, -0.2) is 46.3 Å². The maximum absolute atomic E-state index is 12.6.